The van der Waals surface area contributed by atoms with E-state index in [0.29, 0.717) is 23.7 Å². The summed E-state index contributed by atoms with van der Waals surface area (Å²) in [5, 5.41) is 11.4. The highest BCUT2D eigenvalue weighted by Gasteiger charge is 2.17. The molecule has 1 fully saturated rings. The molecule has 0 atom stereocenters. The predicted octanol–water partition coefficient (Wildman–Crippen LogP) is 1.71. The van der Waals surface area contributed by atoms with Crippen molar-refractivity contribution in [2.24, 2.45) is 5.92 Å². The molecule has 0 spiro atoms. The number of pyridine rings is 1. The van der Waals surface area contributed by atoms with Crippen LogP contribution in [0.1, 0.15) is 24.8 Å². The Bertz CT molecular complexity index is 444. The molecule has 94 valence electrons. The van der Waals surface area contributed by atoms with Crippen LogP contribution in [0, 0.1) is 17.2 Å². The Morgan fingerprint density at radius 3 is 2.89 bits per heavy atom. The zero-order valence-electron chi connectivity index (χ0n) is 10.1. The molecule has 5 nitrogen and oxygen atoms in total. The highest BCUT2D eigenvalue weighted by Crippen LogP contribution is 2.19. The number of aromatic nitrogens is 1. The fourth-order valence-corrected chi connectivity index (χ4v) is 1.94. The van der Waals surface area contributed by atoms with E-state index in [1.165, 1.54) is 6.20 Å². The van der Waals surface area contributed by atoms with Crippen molar-refractivity contribution < 1.29 is 9.53 Å². The first-order valence-electron chi connectivity index (χ1n) is 6.01. The van der Waals surface area contributed by atoms with Crippen LogP contribution in [-0.2, 0) is 9.53 Å². The normalized spacial score (nSPS) is 15.9. The first-order valence-corrected chi connectivity index (χ1v) is 6.01. The second-order valence-electron chi connectivity index (χ2n) is 4.35. The third kappa shape index (κ3) is 3.54. The number of nitrogens with one attached hydrogen (secondary N) is 1. The van der Waals surface area contributed by atoms with Crippen molar-refractivity contribution in [1.82, 2.24) is 4.98 Å². The summed E-state index contributed by atoms with van der Waals surface area (Å²) in [6.07, 6.45) is 3.83. The van der Waals surface area contributed by atoms with Crippen LogP contribution in [0.3, 0.4) is 0 Å². The molecule has 1 aromatic heterocycles. The molecule has 1 saturated heterocycles. The molecular formula is C13H15N3O2. The maximum atomic E-state index is 11.8. The van der Waals surface area contributed by atoms with Crippen molar-refractivity contribution in [2.75, 3.05) is 18.5 Å². The Labute approximate surface area is 106 Å². The third-order valence-electron chi connectivity index (χ3n) is 2.98. The molecule has 2 rings (SSSR count). The fraction of sp³-hybridized carbons (Fsp3) is 0.462. The van der Waals surface area contributed by atoms with Crippen molar-refractivity contribution in [1.29, 1.82) is 5.26 Å². The largest absolute Gasteiger partial charge is 0.381 e. The summed E-state index contributed by atoms with van der Waals surface area (Å²) in [6.45, 7) is 1.49. The summed E-state index contributed by atoms with van der Waals surface area (Å²) in [5.41, 5.74) is 0.484. The molecule has 1 aromatic rings. The van der Waals surface area contributed by atoms with E-state index in [1.807, 2.05) is 6.07 Å². The van der Waals surface area contributed by atoms with Gasteiger partial charge in [0.05, 0.1) is 5.56 Å². The lowest BCUT2D eigenvalue weighted by atomic mass is 9.96. The average molecular weight is 245 g/mol. The van der Waals surface area contributed by atoms with E-state index < -0.39 is 0 Å². The molecule has 1 amide bonds. The van der Waals surface area contributed by atoms with Crippen molar-refractivity contribution in [2.45, 2.75) is 19.3 Å². The second-order valence-corrected chi connectivity index (χ2v) is 4.35. The summed E-state index contributed by atoms with van der Waals surface area (Å²) < 4.78 is 5.25. The van der Waals surface area contributed by atoms with E-state index >= 15 is 0 Å². The molecule has 0 saturated carbocycles. The number of carbonyl (C=O) groups is 1. The van der Waals surface area contributed by atoms with E-state index in [0.717, 1.165) is 26.1 Å². The maximum Gasteiger partial charge on any atom is 0.225 e. The van der Waals surface area contributed by atoms with Gasteiger partial charge < -0.3 is 10.1 Å². The van der Waals surface area contributed by atoms with Crippen molar-refractivity contribution >= 4 is 11.7 Å². The van der Waals surface area contributed by atoms with Crippen molar-refractivity contribution in [3.8, 4) is 6.07 Å². The van der Waals surface area contributed by atoms with Crippen LogP contribution in [0.4, 0.5) is 5.82 Å². The van der Waals surface area contributed by atoms with Gasteiger partial charge in [0.2, 0.25) is 5.91 Å². The van der Waals surface area contributed by atoms with Crippen molar-refractivity contribution in [3.63, 3.8) is 0 Å². The molecule has 18 heavy (non-hydrogen) atoms. The standard InChI is InChI=1S/C13H15N3O2/c14-8-11-1-2-12(15-9-11)16-13(17)7-10-3-5-18-6-4-10/h1-2,9-10H,3-7H2,(H,15,16,17). The minimum absolute atomic E-state index is 0.0286. The number of ether oxygens (including phenoxy) is 1. The van der Waals surface area contributed by atoms with Crippen LogP contribution in [-0.4, -0.2) is 24.1 Å². The number of nitriles is 1. The van der Waals surface area contributed by atoms with E-state index in [-0.39, 0.29) is 5.91 Å². The summed E-state index contributed by atoms with van der Waals surface area (Å²) >= 11 is 0. The summed E-state index contributed by atoms with van der Waals surface area (Å²) in [6, 6.07) is 5.26. The zero-order valence-corrected chi connectivity index (χ0v) is 10.1. The Kier molecular flexibility index (Phi) is 4.26. The quantitative estimate of drug-likeness (QED) is 0.879. The Morgan fingerprint density at radius 1 is 1.50 bits per heavy atom. The van der Waals surface area contributed by atoms with Crippen LogP contribution in [0.25, 0.3) is 0 Å². The topological polar surface area (TPSA) is 75.0 Å². The van der Waals surface area contributed by atoms with Gasteiger partial charge in [-0.3, -0.25) is 4.79 Å². The van der Waals surface area contributed by atoms with Gasteiger partial charge in [-0.2, -0.15) is 5.26 Å². The minimum atomic E-state index is -0.0286. The van der Waals surface area contributed by atoms with Gasteiger partial charge in [-0.1, -0.05) is 0 Å². The molecule has 1 N–H and O–H groups in total. The SMILES string of the molecule is N#Cc1ccc(NC(=O)CC2CCOCC2)nc1. The van der Waals surface area contributed by atoms with Crippen LogP contribution in [0.15, 0.2) is 18.3 Å². The molecule has 0 aromatic carbocycles. The predicted molar refractivity (Wildman–Crippen MR) is 65.7 cm³/mol. The number of carbonyl (C=O) groups excluding carboxylic acids is 1. The highest BCUT2D eigenvalue weighted by molar-refractivity contribution is 5.89. The van der Waals surface area contributed by atoms with Gasteiger partial charge in [0, 0.05) is 25.8 Å². The van der Waals surface area contributed by atoms with Crippen LogP contribution >= 0.6 is 0 Å². The van der Waals surface area contributed by atoms with Gasteiger partial charge in [0.1, 0.15) is 11.9 Å². The zero-order chi connectivity index (χ0) is 12.8. The van der Waals surface area contributed by atoms with Gasteiger partial charge in [-0.25, -0.2) is 4.98 Å². The smallest absolute Gasteiger partial charge is 0.225 e. The number of rotatable bonds is 3. The number of hydrogen-bond donors (Lipinski definition) is 1. The molecule has 5 heteroatoms. The molecule has 0 radical (unpaired) electrons. The fourth-order valence-electron chi connectivity index (χ4n) is 1.94. The first kappa shape index (κ1) is 12.5. The minimum Gasteiger partial charge on any atom is -0.381 e. The number of anilines is 1. The van der Waals surface area contributed by atoms with E-state index in [9.17, 15) is 4.79 Å². The third-order valence-corrected chi connectivity index (χ3v) is 2.98. The van der Waals surface area contributed by atoms with E-state index in [4.69, 9.17) is 10.00 Å². The summed E-state index contributed by atoms with van der Waals surface area (Å²) in [5.74, 6) is 0.863. The van der Waals surface area contributed by atoms with E-state index in [1.54, 1.807) is 12.1 Å². The van der Waals surface area contributed by atoms with Gasteiger partial charge in [-0.05, 0) is 30.9 Å². The molecule has 1 aliphatic heterocycles. The van der Waals surface area contributed by atoms with Crippen LogP contribution in [0.5, 0.6) is 0 Å². The second kappa shape index (κ2) is 6.12. The van der Waals surface area contributed by atoms with Gasteiger partial charge in [0.15, 0.2) is 0 Å². The number of nitrogens with zero attached hydrogens (tertiary/aromatic N) is 2. The van der Waals surface area contributed by atoms with Gasteiger partial charge >= 0.3 is 0 Å². The maximum absolute atomic E-state index is 11.8. The Morgan fingerprint density at radius 2 is 2.28 bits per heavy atom. The van der Waals surface area contributed by atoms with Crippen LogP contribution in [0.2, 0.25) is 0 Å². The lowest BCUT2D eigenvalue weighted by molar-refractivity contribution is -0.117. The van der Waals surface area contributed by atoms with E-state index in [2.05, 4.69) is 10.3 Å². The van der Waals surface area contributed by atoms with Crippen molar-refractivity contribution in [3.05, 3.63) is 23.9 Å². The lowest BCUT2D eigenvalue weighted by Crippen LogP contribution is -2.22. The van der Waals surface area contributed by atoms with Gasteiger partial charge in [-0.15, -0.1) is 0 Å². The lowest BCUT2D eigenvalue weighted by Gasteiger charge is -2.21. The molecule has 0 bridgehead atoms. The Balaban J connectivity index is 1.84. The monoisotopic (exact) mass is 245 g/mol. The highest BCUT2D eigenvalue weighted by atomic mass is 16.5. The summed E-state index contributed by atoms with van der Waals surface area (Å²) in [4.78, 5) is 15.8. The molecule has 1 aliphatic rings. The Hall–Kier alpha value is -1.93. The van der Waals surface area contributed by atoms with Crippen LogP contribution < -0.4 is 5.32 Å². The molecular weight excluding hydrogens is 230 g/mol. The number of hydrogen-bond acceptors (Lipinski definition) is 4. The molecule has 0 aliphatic carbocycles. The van der Waals surface area contributed by atoms with Gasteiger partial charge in [0.25, 0.3) is 0 Å². The average Bonchev–Trinajstić information content (AvgIpc) is 2.40. The molecule has 0 unspecified atom stereocenters. The number of amides is 1. The molecule has 2 heterocycles. The summed E-state index contributed by atoms with van der Waals surface area (Å²) in [7, 11) is 0. The first-order chi connectivity index (χ1) is 8.78.